The second-order valence-electron chi connectivity index (χ2n) is 5.28. The Hall–Kier alpha value is -1.51. The standard InChI is InChI=1S/C18H22ClNO/c1-3-20(17-9-4-6-14(2)12-17)11-10-18(21)15-7-5-8-16(19)13-15/h4-9,12-13,18,21H,3,10-11H2,1-2H3. The Morgan fingerprint density at radius 3 is 2.57 bits per heavy atom. The summed E-state index contributed by atoms with van der Waals surface area (Å²) in [5.41, 5.74) is 3.33. The van der Waals surface area contributed by atoms with Gasteiger partial charge in [-0.05, 0) is 55.7 Å². The van der Waals surface area contributed by atoms with Crippen molar-refractivity contribution in [1.82, 2.24) is 0 Å². The molecule has 21 heavy (non-hydrogen) atoms. The maximum atomic E-state index is 10.3. The fourth-order valence-electron chi connectivity index (χ4n) is 2.45. The highest BCUT2D eigenvalue weighted by Crippen LogP contribution is 2.22. The lowest BCUT2D eigenvalue weighted by atomic mass is 10.1. The molecule has 2 rings (SSSR count). The van der Waals surface area contributed by atoms with Crippen LogP contribution in [0.3, 0.4) is 0 Å². The van der Waals surface area contributed by atoms with Gasteiger partial charge in [0.25, 0.3) is 0 Å². The Labute approximate surface area is 132 Å². The van der Waals surface area contributed by atoms with Crippen LogP contribution in [0.5, 0.6) is 0 Å². The Balaban J connectivity index is 2.00. The number of rotatable bonds is 6. The van der Waals surface area contributed by atoms with Crippen molar-refractivity contribution in [3.63, 3.8) is 0 Å². The van der Waals surface area contributed by atoms with Crippen molar-refractivity contribution in [2.75, 3.05) is 18.0 Å². The van der Waals surface area contributed by atoms with Gasteiger partial charge < -0.3 is 10.0 Å². The number of halogens is 1. The molecule has 0 spiro atoms. The zero-order valence-corrected chi connectivity index (χ0v) is 13.3. The van der Waals surface area contributed by atoms with Crippen LogP contribution in [0, 0.1) is 6.92 Å². The fourth-order valence-corrected chi connectivity index (χ4v) is 2.65. The zero-order valence-electron chi connectivity index (χ0n) is 12.6. The number of aryl methyl sites for hydroxylation is 1. The number of aliphatic hydroxyl groups excluding tert-OH is 1. The van der Waals surface area contributed by atoms with Gasteiger partial charge in [-0.25, -0.2) is 0 Å². The van der Waals surface area contributed by atoms with E-state index in [-0.39, 0.29) is 0 Å². The van der Waals surface area contributed by atoms with Gasteiger partial charge >= 0.3 is 0 Å². The predicted octanol–water partition coefficient (Wildman–Crippen LogP) is 4.60. The van der Waals surface area contributed by atoms with Crippen molar-refractivity contribution in [3.8, 4) is 0 Å². The van der Waals surface area contributed by atoms with E-state index in [4.69, 9.17) is 11.6 Å². The SMILES string of the molecule is CCN(CCC(O)c1cccc(Cl)c1)c1cccc(C)c1. The van der Waals surface area contributed by atoms with E-state index in [1.807, 2.05) is 24.3 Å². The van der Waals surface area contributed by atoms with Crippen LogP contribution < -0.4 is 4.90 Å². The van der Waals surface area contributed by atoms with E-state index in [1.165, 1.54) is 11.3 Å². The molecule has 0 amide bonds. The summed E-state index contributed by atoms with van der Waals surface area (Å²) in [6.45, 7) is 5.96. The maximum absolute atomic E-state index is 10.3. The highest BCUT2D eigenvalue weighted by molar-refractivity contribution is 6.30. The van der Waals surface area contributed by atoms with Gasteiger partial charge in [-0.2, -0.15) is 0 Å². The Kier molecular flexibility index (Phi) is 5.66. The summed E-state index contributed by atoms with van der Waals surface area (Å²) in [5.74, 6) is 0. The first-order chi connectivity index (χ1) is 10.1. The van der Waals surface area contributed by atoms with E-state index in [0.717, 1.165) is 18.7 Å². The van der Waals surface area contributed by atoms with Gasteiger partial charge in [0, 0.05) is 23.8 Å². The number of hydrogen-bond donors (Lipinski definition) is 1. The summed E-state index contributed by atoms with van der Waals surface area (Å²) in [6.07, 6.45) is 0.199. The monoisotopic (exact) mass is 303 g/mol. The average molecular weight is 304 g/mol. The molecule has 1 unspecified atom stereocenters. The smallest absolute Gasteiger partial charge is 0.0807 e. The number of hydrogen-bond acceptors (Lipinski definition) is 2. The molecular formula is C18H22ClNO. The van der Waals surface area contributed by atoms with Crippen LogP contribution in [0.15, 0.2) is 48.5 Å². The molecule has 0 bridgehead atoms. The van der Waals surface area contributed by atoms with Crippen LogP contribution in [0.1, 0.15) is 30.6 Å². The molecule has 2 aromatic rings. The van der Waals surface area contributed by atoms with Gasteiger partial charge in [-0.3, -0.25) is 0 Å². The lowest BCUT2D eigenvalue weighted by Gasteiger charge is -2.25. The van der Waals surface area contributed by atoms with Crippen LogP contribution in [0.4, 0.5) is 5.69 Å². The summed E-state index contributed by atoms with van der Waals surface area (Å²) in [7, 11) is 0. The van der Waals surface area contributed by atoms with E-state index in [2.05, 4.69) is 43.0 Å². The summed E-state index contributed by atoms with van der Waals surface area (Å²) < 4.78 is 0. The first-order valence-electron chi connectivity index (χ1n) is 7.35. The van der Waals surface area contributed by atoms with Crippen molar-refractivity contribution < 1.29 is 5.11 Å². The highest BCUT2D eigenvalue weighted by Gasteiger charge is 2.11. The molecule has 1 atom stereocenters. The molecule has 0 radical (unpaired) electrons. The third-order valence-corrected chi connectivity index (χ3v) is 3.89. The van der Waals surface area contributed by atoms with E-state index >= 15 is 0 Å². The van der Waals surface area contributed by atoms with Gasteiger partial charge in [0.15, 0.2) is 0 Å². The molecule has 0 aliphatic rings. The second kappa shape index (κ2) is 7.48. The van der Waals surface area contributed by atoms with Crippen molar-refractivity contribution in [3.05, 3.63) is 64.7 Å². The minimum Gasteiger partial charge on any atom is -0.388 e. The minimum atomic E-state index is -0.484. The molecule has 0 saturated heterocycles. The molecule has 2 nitrogen and oxygen atoms in total. The molecule has 0 aromatic heterocycles. The number of anilines is 1. The molecule has 2 aromatic carbocycles. The van der Waals surface area contributed by atoms with Crippen molar-refractivity contribution >= 4 is 17.3 Å². The van der Waals surface area contributed by atoms with Crippen LogP contribution in [-0.4, -0.2) is 18.2 Å². The highest BCUT2D eigenvalue weighted by atomic mass is 35.5. The van der Waals surface area contributed by atoms with Crippen molar-refractivity contribution in [1.29, 1.82) is 0 Å². The van der Waals surface area contributed by atoms with Crippen LogP contribution >= 0.6 is 11.6 Å². The van der Waals surface area contributed by atoms with Crippen molar-refractivity contribution in [2.24, 2.45) is 0 Å². The topological polar surface area (TPSA) is 23.5 Å². The minimum absolute atomic E-state index is 0.484. The number of nitrogens with zero attached hydrogens (tertiary/aromatic N) is 1. The number of benzene rings is 2. The van der Waals surface area contributed by atoms with E-state index in [1.54, 1.807) is 0 Å². The van der Waals surface area contributed by atoms with Gasteiger partial charge in [0.05, 0.1) is 6.10 Å². The molecule has 0 aliphatic carbocycles. The normalized spacial score (nSPS) is 12.2. The third kappa shape index (κ3) is 4.48. The van der Waals surface area contributed by atoms with Crippen LogP contribution in [0.25, 0.3) is 0 Å². The molecule has 0 heterocycles. The first kappa shape index (κ1) is 15.9. The zero-order chi connectivity index (χ0) is 15.2. The third-order valence-electron chi connectivity index (χ3n) is 3.65. The Morgan fingerprint density at radius 2 is 1.90 bits per heavy atom. The molecule has 1 N–H and O–H groups in total. The second-order valence-corrected chi connectivity index (χ2v) is 5.71. The first-order valence-corrected chi connectivity index (χ1v) is 7.73. The maximum Gasteiger partial charge on any atom is 0.0807 e. The lowest BCUT2D eigenvalue weighted by molar-refractivity contribution is 0.169. The van der Waals surface area contributed by atoms with Crippen molar-refractivity contribution in [2.45, 2.75) is 26.4 Å². The van der Waals surface area contributed by atoms with Gasteiger partial charge in [-0.15, -0.1) is 0 Å². The largest absolute Gasteiger partial charge is 0.388 e. The Morgan fingerprint density at radius 1 is 1.14 bits per heavy atom. The van der Waals surface area contributed by atoms with Crippen LogP contribution in [-0.2, 0) is 0 Å². The van der Waals surface area contributed by atoms with Gasteiger partial charge in [0.2, 0.25) is 0 Å². The quantitative estimate of drug-likeness (QED) is 0.843. The molecule has 0 aliphatic heterocycles. The summed E-state index contributed by atoms with van der Waals surface area (Å²) in [4.78, 5) is 2.28. The van der Waals surface area contributed by atoms with E-state index < -0.39 is 6.10 Å². The van der Waals surface area contributed by atoms with E-state index in [9.17, 15) is 5.11 Å². The van der Waals surface area contributed by atoms with Gasteiger partial charge in [-0.1, -0.05) is 35.9 Å². The molecule has 112 valence electrons. The predicted molar refractivity (Wildman–Crippen MR) is 90.1 cm³/mol. The summed E-state index contributed by atoms with van der Waals surface area (Å²) in [6, 6.07) is 15.9. The molecule has 0 fully saturated rings. The Bertz CT molecular complexity index is 585. The number of aliphatic hydroxyl groups is 1. The van der Waals surface area contributed by atoms with E-state index in [0.29, 0.717) is 11.4 Å². The van der Waals surface area contributed by atoms with Gasteiger partial charge in [0.1, 0.15) is 0 Å². The van der Waals surface area contributed by atoms with Crippen LogP contribution in [0.2, 0.25) is 5.02 Å². The summed E-state index contributed by atoms with van der Waals surface area (Å²) >= 11 is 5.97. The fraction of sp³-hybridized carbons (Fsp3) is 0.333. The molecule has 3 heteroatoms. The molecular weight excluding hydrogens is 282 g/mol. The average Bonchev–Trinajstić information content (AvgIpc) is 2.48. The molecule has 0 saturated carbocycles. The summed E-state index contributed by atoms with van der Waals surface area (Å²) in [5, 5.41) is 11.0. The lowest BCUT2D eigenvalue weighted by Crippen LogP contribution is -2.25.